The lowest BCUT2D eigenvalue weighted by Crippen LogP contribution is -2.34. The van der Waals surface area contributed by atoms with E-state index in [2.05, 4.69) is 17.3 Å². The van der Waals surface area contributed by atoms with Crippen LogP contribution in [-0.4, -0.2) is 42.8 Å². The number of benzene rings is 1. The third kappa shape index (κ3) is 4.13. The van der Waals surface area contributed by atoms with Gasteiger partial charge < -0.3 is 14.7 Å². The second-order valence-electron chi connectivity index (χ2n) is 5.51. The van der Waals surface area contributed by atoms with Crippen molar-refractivity contribution in [3.05, 3.63) is 23.8 Å². The van der Waals surface area contributed by atoms with E-state index in [-0.39, 0.29) is 0 Å². The molecule has 0 radical (unpaired) electrons. The Labute approximate surface area is 119 Å². The van der Waals surface area contributed by atoms with Gasteiger partial charge in [-0.2, -0.15) is 0 Å². The third-order valence-electron chi connectivity index (χ3n) is 3.57. The highest BCUT2D eigenvalue weighted by Crippen LogP contribution is 2.27. The van der Waals surface area contributed by atoms with Crippen molar-refractivity contribution in [3.8, 4) is 5.75 Å². The fraction of sp³-hybridized carbons (Fsp3) is 0.533. The Morgan fingerprint density at radius 2 is 2.35 bits per heavy atom. The fourth-order valence-electron chi connectivity index (χ4n) is 2.60. The molecule has 1 heterocycles. The molecule has 5 nitrogen and oxygen atoms in total. The van der Waals surface area contributed by atoms with E-state index in [1.807, 2.05) is 19.1 Å². The Bertz CT molecular complexity index is 476. The van der Waals surface area contributed by atoms with Crippen LogP contribution in [0.15, 0.2) is 18.2 Å². The van der Waals surface area contributed by atoms with Crippen molar-refractivity contribution in [2.24, 2.45) is 5.92 Å². The van der Waals surface area contributed by atoms with Crippen LogP contribution in [0, 0.1) is 12.8 Å². The van der Waals surface area contributed by atoms with E-state index in [0.717, 1.165) is 25.1 Å². The van der Waals surface area contributed by atoms with Crippen LogP contribution in [0.25, 0.3) is 0 Å². The number of hydrogen-bond acceptors (Lipinski definition) is 3. The number of nitrogens with zero attached hydrogens (tertiary/aromatic N) is 1. The summed E-state index contributed by atoms with van der Waals surface area (Å²) in [4.78, 5) is 13.1. The van der Waals surface area contributed by atoms with Crippen LogP contribution in [0.1, 0.15) is 18.4 Å². The van der Waals surface area contributed by atoms with Crippen molar-refractivity contribution in [2.45, 2.75) is 19.8 Å². The zero-order valence-electron chi connectivity index (χ0n) is 12.1. The number of carbonyl (C=O) groups is 1. The second kappa shape index (κ2) is 6.61. The van der Waals surface area contributed by atoms with Gasteiger partial charge in [0.05, 0.1) is 12.3 Å². The van der Waals surface area contributed by atoms with E-state index in [1.165, 1.54) is 6.42 Å². The van der Waals surface area contributed by atoms with Crippen molar-refractivity contribution in [3.63, 3.8) is 0 Å². The molecule has 1 aromatic carbocycles. The number of piperidine rings is 1. The normalized spacial score (nSPS) is 19.6. The van der Waals surface area contributed by atoms with Gasteiger partial charge in [0.2, 0.25) is 0 Å². The predicted octanol–water partition coefficient (Wildman–Crippen LogP) is 2.81. The summed E-state index contributed by atoms with van der Waals surface area (Å²) >= 11 is 0. The monoisotopic (exact) mass is 278 g/mol. The number of rotatable bonds is 4. The number of amides is 1. The van der Waals surface area contributed by atoms with Crippen LogP contribution in [-0.2, 0) is 0 Å². The Kier molecular flexibility index (Phi) is 4.84. The summed E-state index contributed by atoms with van der Waals surface area (Å²) in [6.07, 6.45) is 1.29. The second-order valence-corrected chi connectivity index (χ2v) is 5.51. The van der Waals surface area contributed by atoms with Crippen molar-refractivity contribution in [1.29, 1.82) is 0 Å². The maximum absolute atomic E-state index is 10.8. The maximum atomic E-state index is 10.8. The van der Waals surface area contributed by atoms with Gasteiger partial charge >= 0.3 is 6.09 Å². The molecule has 110 valence electrons. The van der Waals surface area contributed by atoms with E-state index in [1.54, 1.807) is 6.07 Å². The van der Waals surface area contributed by atoms with Gasteiger partial charge in [0.1, 0.15) is 5.75 Å². The number of likely N-dealkylation sites (tertiary alicyclic amines) is 1. The Balaban J connectivity index is 1.99. The van der Waals surface area contributed by atoms with E-state index in [0.29, 0.717) is 24.0 Å². The number of aryl methyl sites for hydroxylation is 1. The van der Waals surface area contributed by atoms with E-state index >= 15 is 0 Å². The van der Waals surface area contributed by atoms with Crippen molar-refractivity contribution in [2.75, 3.05) is 32.1 Å². The van der Waals surface area contributed by atoms with Crippen LogP contribution in [0.5, 0.6) is 5.75 Å². The van der Waals surface area contributed by atoms with E-state index < -0.39 is 6.09 Å². The highest BCUT2D eigenvalue weighted by molar-refractivity contribution is 5.85. The Morgan fingerprint density at radius 1 is 1.55 bits per heavy atom. The first kappa shape index (κ1) is 14.7. The maximum Gasteiger partial charge on any atom is 0.409 e. The number of nitrogens with one attached hydrogen (secondary N) is 1. The molecule has 1 aliphatic rings. The Morgan fingerprint density at radius 3 is 3.05 bits per heavy atom. The zero-order valence-corrected chi connectivity index (χ0v) is 12.1. The predicted molar refractivity (Wildman–Crippen MR) is 78.5 cm³/mol. The summed E-state index contributed by atoms with van der Waals surface area (Å²) in [7, 11) is 2.12. The van der Waals surface area contributed by atoms with Gasteiger partial charge in [-0.05, 0) is 51.1 Å². The zero-order chi connectivity index (χ0) is 14.5. The summed E-state index contributed by atoms with van der Waals surface area (Å²) in [5.41, 5.74) is 1.51. The van der Waals surface area contributed by atoms with Gasteiger partial charge in [0, 0.05) is 12.5 Å². The molecule has 1 unspecified atom stereocenters. The standard InChI is InChI=1S/C15H22N2O3/c1-11-5-6-14(13(8-11)16-15(18)19)20-10-12-4-3-7-17(2)9-12/h5-6,8,12,16H,3-4,7,9-10H2,1-2H3,(H,18,19). The lowest BCUT2D eigenvalue weighted by atomic mass is 9.99. The Hall–Kier alpha value is -1.75. The van der Waals surface area contributed by atoms with Gasteiger partial charge in [-0.3, -0.25) is 5.32 Å². The van der Waals surface area contributed by atoms with Gasteiger partial charge in [-0.15, -0.1) is 0 Å². The molecule has 1 atom stereocenters. The number of carboxylic acid groups (broad SMARTS) is 1. The minimum absolute atomic E-state index is 0.507. The first-order valence-corrected chi connectivity index (χ1v) is 6.96. The molecule has 5 heteroatoms. The minimum Gasteiger partial charge on any atom is -0.491 e. The largest absolute Gasteiger partial charge is 0.491 e. The third-order valence-corrected chi connectivity index (χ3v) is 3.57. The summed E-state index contributed by atoms with van der Waals surface area (Å²) in [5, 5.41) is 11.3. The van der Waals surface area contributed by atoms with Crippen molar-refractivity contribution < 1.29 is 14.6 Å². The molecule has 2 N–H and O–H groups in total. The summed E-state index contributed by atoms with van der Waals surface area (Å²) < 4.78 is 5.83. The summed E-state index contributed by atoms with van der Waals surface area (Å²) in [5.74, 6) is 1.11. The first-order valence-electron chi connectivity index (χ1n) is 6.96. The van der Waals surface area contributed by atoms with Crippen molar-refractivity contribution in [1.82, 2.24) is 4.90 Å². The first-order chi connectivity index (χ1) is 9.54. The molecule has 1 amide bonds. The number of anilines is 1. The van der Waals surface area contributed by atoms with Crippen LogP contribution in [0.4, 0.5) is 10.5 Å². The molecule has 0 spiro atoms. The number of ether oxygens (including phenoxy) is 1. The minimum atomic E-state index is -1.07. The molecule has 1 fully saturated rings. The molecular formula is C15H22N2O3. The molecule has 1 aromatic rings. The quantitative estimate of drug-likeness (QED) is 0.889. The SMILES string of the molecule is Cc1ccc(OCC2CCCN(C)C2)c(NC(=O)O)c1. The molecule has 1 aliphatic heterocycles. The van der Waals surface area contributed by atoms with Gasteiger partial charge in [-0.1, -0.05) is 6.07 Å². The average molecular weight is 278 g/mol. The number of hydrogen-bond donors (Lipinski definition) is 2. The fourth-order valence-corrected chi connectivity index (χ4v) is 2.60. The smallest absolute Gasteiger partial charge is 0.409 e. The highest BCUT2D eigenvalue weighted by atomic mass is 16.5. The molecule has 0 aliphatic carbocycles. The van der Waals surface area contributed by atoms with E-state index in [4.69, 9.17) is 9.84 Å². The van der Waals surface area contributed by atoms with Gasteiger partial charge in [-0.25, -0.2) is 4.79 Å². The van der Waals surface area contributed by atoms with E-state index in [9.17, 15) is 4.79 Å². The van der Waals surface area contributed by atoms with Crippen LogP contribution < -0.4 is 10.1 Å². The summed E-state index contributed by atoms with van der Waals surface area (Å²) in [6, 6.07) is 5.54. The van der Waals surface area contributed by atoms with Crippen LogP contribution >= 0.6 is 0 Å². The lowest BCUT2D eigenvalue weighted by Gasteiger charge is -2.29. The highest BCUT2D eigenvalue weighted by Gasteiger charge is 2.18. The van der Waals surface area contributed by atoms with Gasteiger partial charge in [0.25, 0.3) is 0 Å². The van der Waals surface area contributed by atoms with Crippen LogP contribution in [0.2, 0.25) is 0 Å². The lowest BCUT2D eigenvalue weighted by molar-refractivity contribution is 0.151. The molecule has 2 rings (SSSR count). The van der Waals surface area contributed by atoms with Gasteiger partial charge in [0.15, 0.2) is 0 Å². The summed E-state index contributed by atoms with van der Waals surface area (Å²) in [6.45, 7) is 4.73. The molecule has 1 saturated heterocycles. The molecule has 20 heavy (non-hydrogen) atoms. The molecule has 0 saturated carbocycles. The van der Waals surface area contributed by atoms with Crippen molar-refractivity contribution >= 4 is 11.8 Å². The molecule has 0 aromatic heterocycles. The average Bonchev–Trinajstić information content (AvgIpc) is 2.37. The van der Waals surface area contributed by atoms with Crippen LogP contribution in [0.3, 0.4) is 0 Å². The molecule has 0 bridgehead atoms. The molecular weight excluding hydrogens is 256 g/mol. The topological polar surface area (TPSA) is 61.8 Å².